The summed E-state index contributed by atoms with van der Waals surface area (Å²) in [6.07, 6.45) is 1.17. The Labute approximate surface area is 189 Å². The Kier molecular flexibility index (Phi) is 5.66. The smallest absolute Gasteiger partial charge is 0.423 e. The fourth-order valence-corrected chi connectivity index (χ4v) is 4.38. The summed E-state index contributed by atoms with van der Waals surface area (Å²) in [5.41, 5.74) is -0.227. The van der Waals surface area contributed by atoms with E-state index in [1.165, 1.54) is 0 Å². The van der Waals surface area contributed by atoms with Crippen LogP contribution in [0, 0.1) is 0 Å². The predicted molar refractivity (Wildman–Crippen MR) is 112 cm³/mol. The summed E-state index contributed by atoms with van der Waals surface area (Å²) in [6.45, 7) is 0.495. The molecule has 170 valence electrons. The van der Waals surface area contributed by atoms with Gasteiger partial charge in [0.15, 0.2) is 5.65 Å². The minimum atomic E-state index is -4.60. The van der Waals surface area contributed by atoms with E-state index >= 15 is 0 Å². The Morgan fingerprint density at radius 2 is 2.06 bits per heavy atom. The summed E-state index contributed by atoms with van der Waals surface area (Å²) in [5, 5.41) is 11.8. The first kappa shape index (κ1) is 21.4. The first-order valence-electron chi connectivity index (χ1n) is 10.3. The number of alkyl halides is 3. The highest BCUT2D eigenvalue weighted by molar-refractivity contribution is 9.10. The van der Waals surface area contributed by atoms with Crippen LogP contribution in [0.1, 0.15) is 43.0 Å². The summed E-state index contributed by atoms with van der Waals surface area (Å²) in [5.74, 6) is 0.690. The Bertz CT molecular complexity index is 1120. The molecular formula is C20H20BrF3N6O2. The van der Waals surface area contributed by atoms with E-state index in [4.69, 9.17) is 9.47 Å². The van der Waals surface area contributed by atoms with Crippen LogP contribution in [0.15, 0.2) is 29.0 Å². The van der Waals surface area contributed by atoms with Gasteiger partial charge in [0.05, 0.1) is 13.2 Å². The van der Waals surface area contributed by atoms with Gasteiger partial charge in [-0.1, -0.05) is 22.4 Å². The Morgan fingerprint density at radius 1 is 1.22 bits per heavy atom. The lowest BCUT2D eigenvalue weighted by molar-refractivity contribution is -0.142. The van der Waals surface area contributed by atoms with Crippen molar-refractivity contribution in [3.05, 3.63) is 40.4 Å². The average molecular weight is 513 g/mol. The van der Waals surface area contributed by atoms with E-state index in [0.29, 0.717) is 0 Å². The van der Waals surface area contributed by atoms with E-state index in [2.05, 4.69) is 41.4 Å². The lowest BCUT2D eigenvalue weighted by atomic mass is 9.85. The zero-order valence-electron chi connectivity index (χ0n) is 16.8. The van der Waals surface area contributed by atoms with Crippen LogP contribution < -0.4 is 10.1 Å². The van der Waals surface area contributed by atoms with E-state index in [0.717, 1.165) is 47.8 Å². The molecule has 8 nitrogen and oxygen atoms in total. The van der Waals surface area contributed by atoms with Gasteiger partial charge in [-0.3, -0.25) is 4.40 Å². The third-order valence-electron chi connectivity index (χ3n) is 5.72. The van der Waals surface area contributed by atoms with Crippen LogP contribution in [0.4, 0.5) is 19.1 Å². The molecule has 2 atom stereocenters. The molecule has 0 spiro atoms. The van der Waals surface area contributed by atoms with E-state index in [9.17, 15) is 13.2 Å². The predicted octanol–water partition coefficient (Wildman–Crippen LogP) is 4.22. The molecule has 3 aromatic rings. The molecule has 1 saturated heterocycles. The van der Waals surface area contributed by atoms with Gasteiger partial charge in [-0.05, 0) is 31.4 Å². The van der Waals surface area contributed by atoms with Gasteiger partial charge < -0.3 is 14.8 Å². The Hall–Kier alpha value is -2.47. The van der Waals surface area contributed by atoms with E-state index in [-0.39, 0.29) is 31.1 Å². The van der Waals surface area contributed by atoms with Crippen molar-refractivity contribution in [2.24, 2.45) is 0 Å². The van der Waals surface area contributed by atoms with Crippen molar-refractivity contribution in [3.8, 4) is 5.88 Å². The summed E-state index contributed by atoms with van der Waals surface area (Å²) in [6, 6.07) is 3.83. The molecular weight excluding hydrogens is 493 g/mol. The summed E-state index contributed by atoms with van der Waals surface area (Å²) >= 11 is 3.44. The molecule has 5 rings (SSSR count). The molecule has 0 unspecified atom stereocenters. The summed E-state index contributed by atoms with van der Waals surface area (Å²) in [7, 11) is 0. The topological polar surface area (TPSA) is 86.5 Å². The van der Waals surface area contributed by atoms with Gasteiger partial charge in [-0.15, -0.1) is 10.2 Å². The number of rotatable bonds is 5. The molecule has 2 fully saturated rings. The molecule has 32 heavy (non-hydrogen) atoms. The molecule has 3 aromatic heterocycles. The van der Waals surface area contributed by atoms with Crippen molar-refractivity contribution in [1.29, 1.82) is 0 Å². The second-order valence-electron chi connectivity index (χ2n) is 8.02. The molecule has 1 N–H and O–H groups in total. The van der Waals surface area contributed by atoms with E-state index in [1.807, 2.05) is 22.7 Å². The number of nitrogens with zero attached hydrogens (tertiary/aromatic N) is 5. The van der Waals surface area contributed by atoms with Crippen LogP contribution in [0.25, 0.3) is 5.65 Å². The molecule has 0 bridgehead atoms. The van der Waals surface area contributed by atoms with Gasteiger partial charge in [0.1, 0.15) is 17.5 Å². The van der Waals surface area contributed by atoms with Gasteiger partial charge >= 0.3 is 6.18 Å². The second-order valence-corrected chi connectivity index (χ2v) is 8.94. The Balaban J connectivity index is 1.33. The van der Waals surface area contributed by atoms with Crippen LogP contribution in [-0.2, 0) is 10.9 Å². The number of anilines is 1. The zero-order chi connectivity index (χ0) is 22.3. The highest BCUT2D eigenvalue weighted by Crippen LogP contribution is 2.37. The number of halogens is 4. The maximum Gasteiger partial charge on any atom is 0.423 e. The van der Waals surface area contributed by atoms with Crippen LogP contribution in [0.3, 0.4) is 0 Å². The summed E-state index contributed by atoms with van der Waals surface area (Å²) in [4.78, 5) is 7.95. The van der Waals surface area contributed by atoms with Crippen molar-refractivity contribution >= 4 is 27.5 Å². The monoisotopic (exact) mass is 512 g/mol. The zero-order valence-corrected chi connectivity index (χ0v) is 18.4. The molecule has 1 aliphatic heterocycles. The van der Waals surface area contributed by atoms with Crippen LogP contribution in [-0.4, -0.2) is 49.9 Å². The van der Waals surface area contributed by atoms with Gasteiger partial charge in [-0.25, -0.2) is 4.98 Å². The first-order valence-corrected chi connectivity index (χ1v) is 11.1. The largest absolute Gasteiger partial charge is 0.469 e. The minimum Gasteiger partial charge on any atom is -0.469 e. The van der Waals surface area contributed by atoms with Gasteiger partial charge in [0.25, 0.3) is 0 Å². The number of pyridine rings is 1. The van der Waals surface area contributed by atoms with Crippen molar-refractivity contribution in [2.45, 2.75) is 49.9 Å². The molecule has 0 aromatic carbocycles. The van der Waals surface area contributed by atoms with Crippen LogP contribution in [0.5, 0.6) is 5.88 Å². The normalized spacial score (nSPS) is 22.0. The van der Waals surface area contributed by atoms with Crippen LogP contribution >= 0.6 is 15.9 Å². The van der Waals surface area contributed by atoms with E-state index < -0.39 is 23.7 Å². The highest BCUT2D eigenvalue weighted by Gasteiger charge is 2.38. The van der Waals surface area contributed by atoms with Crippen molar-refractivity contribution in [3.63, 3.8) is 0 Å². The fourth-order valence-electron chi connectivity index (χ4n) is 4.06. The minimum absolute atomic E-state index is 0.00632. The highest BCUT2D eigenvalue weighted by atomic mass is 79.9. The molecule has 1 saturated carbocycles. The maximum atomic E-state index is 13.3. The number of ether oxygens (including phenoxy) is 2. The number of hydrogen-bond acceptors (Lipinski definition) is 7. The second kappa shape index (κ2) is 8.47. The molecule has 0 radical (unpaired) electrons. The molecule has 0 amide bonds. The SMILES string of the molecule is FC(F)(F)c1cnc(N[C@@H]2CCC[C@H](c3nnc4cc(Br)ccn34)C2)nc1OC1COC1. The Morgan fingerprint density at radius 3 is 2.81 bits per heavy atom. The van der Waals surface area contributed by atoms with Gasteiger partial charge in [0, 0.05) is 28.8 Å². The number of hydrogen-bond donors (Lipinski definition) is 1. The number of nitrogens with one attached hydrogen (secondary N) is 1. The molecule has 2 aliphatic rings. The van der Waals surface area contributed by atoms with Gasteiger partial charge in [-0.2, -0.15) is 18.2 Å². The summed E-state index contributed by atoms with van der Waals surface area (Å²) < 4.78 is 53.3. The number of fused-ring (bicyclic) bond motifs is 1. The lowest BCUT2D eigenvalue weighted by Gasteiger charge is -2.29. The third-order valence-corrected chi connectivity index (χ3v) is 6.21. The quantitative estimate of drug-likeness (QED) is 0.547. The van der Waals surface area contributed by atoms with E-state index in [1.54, 1.807) is 0 Å². The molecule has 1 aliphatic carbocycles. The lowest BCUT2D eigenvalue weighted by Crippen LogP contribution is -2.39. The van der Waals surface area contributed by atoms with Crippen LogP contribution in [0.2, 0.25) is 0 Å². The molecule has 4 heterocycles. The molecule has 12 heteroatoms. The van der Waals surface area contributed by atoms with Crippen molar-refractivity contribution < 1.29 is 22.6 Å². The maximum absolute atomic E-state index is 13.3. The van der Waals surface area contributed by atoms with Gasteiger partial charge in [0.2, 0.25) is 11.8 Å². The van der Waals surface area contributed by atoms with Crippen molar-refractivity contribution in [2.75, 3.05) is 18.5 Å². The first-order chi connectivity index (χ1) is 15.4. The number of aromatic nitrogens is 5. The van der Waals surface area contributed by atoms with Crippen molar-refractivity contribution in [1.82, 2.24) is 24.6 Å². The fraction of sp³-hybridized carbons (Fsp3) is 0.500. The third kappa shape index (κ3) is 4.38. The standard InChI is InChI=1S/C20H20BrF3N6O2/c21-12-4-5-30-16(7-12)28-29-17(30)11-2-1-3-13(6-11)26-19-25-8-15(20(22,23)24)18(27-19)32-14-9-31-10-14/h4-5,7-8,11,13-14H,1-3,6,9-10H2,(H,25,26,27)/t11-,13+/m0/s1. The average Bonchev–Trinajstić information content (AvgIpc) is 3.13.